The highest BCUT2D eigenvalue weighted by Crippen LogP contribution is 2.23. The zero-order chi connectivity index (χ0) is 28.2. The summed E-state index contributed by atoms with van der Waals surface area (Å²) in [6.45, 7) is 1.68. The molecule has 0 unspecified atom stereocenters. The first-order valence-electron chi connectivity index (χ1n) is 14.1. The van der Waals surface area contributed by atoms with Gasteiger partial charge in [-0.3, -0.25) is 9.59 Å². The molecule has 41 heavy (non-hydrogen) atoms. The number of carbonyl (C=O) groups excluding carboxylic acids is 2. The van der Waals surface area contributed by atoms with Crippen molar-refractivity contribution in [3.63, 3.8) is 0 Å². The van der Waals surface area contributed by atoms with Crippen molar-refractivity contribution in [2.24, 2.45) is 0 Å². The molecule has 2 heterocycles. The minimum atomic E-state index is -0.201. The molecule has 1 saturated heterocycles. The van der Waals surface area contributed by atoms with Crippen molar-refractivity contribution in [2.45, 2.75) is 31.8 Å². The zero-order valence-corrected chi connectivity index (χ0v) is 22.8. The first-order chi connectivity index (χ1) is 20.0. The molecule has 206 valence electrons. The summed E-state index contributed by atoms with van der Waals surface area (Å²) in [5.74, 6) is 0.177. The molecule has 1 aromatic heterocycles. The van der Waals surface area contributed by atoms with Crippen LogP contribution < -0.4 is 10.2 Å². The third-order valence-electron chi connectivity index (χ3n) is 7.83. The summed E-state index contributed by atoms with van der Waals surface area (Å²) in [7, 11) is 0. The fraction of sp³-hybridized carbons (Fsp3) is 0.200. The molecule has 0 bridgehead atoms. The summed E-state index contributed by atoms with van der Waals surface area (Å²) in [4.78, 5) is 31.2. The molecule has 1 fully saturated rings. The van der Waals surface area contributed by atoms with E-state index in [1.807, 2.05) is 97.1 Å². The van der Waals surface area contributed by atoms with Gasteiger partial charge in [0.1, 0.15) is 0 Å². The number of aliphatic hydroxyl groups excluding tert-OH is 1. The molecule has 6 rings (SSSR count). The normalized spacial score (nSPS) is 13.8. The number of fused-ring (bicyclic) bond motifs is 1. The number of anilines is 3. The lowest BCUT2D eigenvalue weighted by atomic mass is 10.0. The molecule has 0 radical (unpaired) electrons. The Labute approximate surface area is 239 Å². The number of aromatic amines is 1. The Morgan fingerprint density at radius 2 is 1.34 bits per heavy atom. The Morgan fingerprint density at radius 1 is 0.756 bits per heavy atom. The van der Waals surface area contributed by atoms with Crippen LogP contribution in [0.1, 0.15) is 44.7 Å². The third kappa shape index (κ3) is 6.23. The molecule has 0 aliphatic carbocycles. The van der Waals surface area contributed by atoms with E-state index in [0.29, 0.717) is 18.4 Å². The van der Waals surface area contributed by atoms with Crippen molar-refractivity contribution in [1.82, 2.24) is 4.98 Å². The van der Waals surface area contributed by atoms with Gasteiger partial charge in [0, 0.05) is 71.2 Å². The summed E-state index contributed by atoms with van der Waals surface area (Å²) in [5.41, 5.74) is 7.27. The van der Waals surface area contributed by atoms with Crippen LogP contribution in [0.3, 0.4) is 0 Å². The molecule has 6 nitrogen and oxygen atoms in total. The number of hydrogen-bond donors (Lipinski definition) is 3. The molecule has 6 heteroatoms. The number of rotatable bonds is 9. The van der Waals surface area contributed by atoms with Crippen LogP contribution in [0.2, 0.25) is 0 Å². The van der Waals surface area contributed by atoms with Crippen LogP contribution in [0.15, 0.2) is 103 Å². The third-order valence-corrected chi connectivity index (χ3v) is 7.83. The van der Waals surface area contributed by atoms with Gasteiger partial charge < -0.3 is 20.3 Å². The fourth-order valence-corrected chi connectivity index (χ4v) is 5.43. The second-order valence-corrected chi connectivity index (χ2v) is 10.7. The number of piperidine rings is 1. The number of nitrogens with zero attached hydrogens (tertiary/aromatic N) is 1. The predicted octanol–water partition coefficient (Wildman–Crippen LogP) is 6.72. The van der Waals surface area contributed by atoms with Gasteiger partial charge in [-0.15, -0.1) is 0 Å². The predicted molar refractivity (Wildman–Crippen MR) is 164 cm³/mol. The number of nitrogens with one attached hydrogen (secondary N) is 2. The summed E-state index contributed by atoms with van der Waals surface area (Å²) in [5, 5.41) is 14.1. The van der Waals surface area contributed by atoms with E-state index in [4.69, 9.17) is 0 Å². The van der Waals surface area contributed by atoms with Gasteiger partial charge in [0.15, 0.2) is 11.6 Å². The van der Waals surface area contributed by atoms with Crippen molar-refractivity contribution >= 4 is 39.5 Å². The number of carbonyl (C=O) groups is 2. The number of para-hydroxylation sites is 1. The average Bonchev–Trinajstić information content (AvgIpc) is 3.44. The Balaban J connectivity index is 1.02. The zero-order valence-electron chi connectivity index (χ0n) is 22.8. The van der Waals surface area contributed by atoms with Crippen LogP contribution in [0, 0.1) is 0 Å². The van der Waals surface area contributed by atoms with Crippen molar-refractivity contribution in [1.29, 1.82) is 0 Å². The number of hydrogen-bond acceptors (Lipinski definition) is 5. The van der Waals surface area contributed by atoms with E-state index in [1.165, 1.54) is 0 Å². The van der Waals surface area contributed by atoms with E-state index >= 15 is 0 Å². The van der Waals surface area contributed by atoms with Crippen molar-refractivity contribution in [3.8, 4) is 0 Å². The Kier molecular flexibility index (Phi) is 7.65. The summed E-state index contributed by atoms with van der Waals surface area (Å²) in [6, 6.07) is 31.4. The molecule has 3 N–H and O–H groups in total. The monoisotopic (exact) mass is 543 g/mol. The Hall–Kier alpha value is -4.68. The van der Waals surface area contributed by atoms with Gasteiger partial charge in [-0.2, -0.15) is 0 Å². The molecular weight excluding hydrogens is 510 g/mol. The van der Waals surface area contributed by atoms with Crippen LogP contribution in [0.25, 0.3) is 10.9 Å². The van der Waals surface area contributed by atoms with Crippen molar-refractivity contribution in [3.05, 3.63) is 126 Å². The first kappa shape index (κ1) is 26.5. The molecular formula is C35H33N3O3. The Bertz CT molecular complexity index is 1650. The van der Waals surface area contributed by atoms with E-state index in [9.17, 15) is 14.7 Å². The smallest absolute Gasteiger partial charge is 0.169 e. The highest BCUT2D eigenvalue weighted by molar-refractivity contribution is 6.08. The lowest BCUT2D eigenvalue weighted by molar-refractivity contribution is 0.0985. The summed E-state index contributed by atoms with van der Waals surface area (Å²) in [6.07, 6.45) is 3.84. The largest absolute Gasteiger partial charge is 0.393 e. The standard InChI is InChI=1S/C35H33N3O3/c39-30-17-19-38(20-18-30)29-15-9-26(10-16-29)34(40)21-24-5-11-27(12-6-24)37-28-13-7-25(8-14-28)22-35(41)32-23-36-33-4-2-1-3-31(32)33/h1-16,23,30,36-37,39H,17-22H2. The molecule has 0 spiro atoms. The molecule has 4 aromatic carbocycles. The minimum Gasteiger partial charge on any atom is -0.393 e. The molecule has 1 aliphatic heterocycles. The highest BCUT2D eigenvalue weighted by Gasteiger charge is 2.18. The Morgan fingerprint density at radius 3 is 1.98 bits per heavy atom. The number of Topliss-reactive ketones (excluding diaryl/α,β-unsaturated/α-hetero) is 2. The van der Waals surface area contributed by atoms with Gasteiger partial charge >= 0.3 is 0 Å². The maximum Gasteiger partial charge on any atom is 0.169 e. The quantitative estimate of drug-likeness (QED) is 0.180. The van der Waals surface area contributed by atoms with Gasteiger partial charge in [-0.05, 0) is 78.6 Å². The molecule has 5 aromatic rings. The molecule has 0 atom stereocenters. The number of ketones is 2. The minimum absolute atomic E-state index is 0.0871. The summed E-state index contributed by atoms with van der Waals surface area (Å²) >= 11 is 0. The lowest BCUT2D eigenvalue weighted by Crippen LogP contribution is -2.35. The lowest BCUT2D eigenvalue weighted by Gasteiger charge is -2.31. The second-order valence-electron chi connectivity index (χ2n) is 10.7. The SMILES string of the molecule is O=C(Cc1ccc(Nc2ccc(CC(=O)c3c[nH]c4ccccc34)cc2)cc1)c1ccc(N2CCC(O)CC2)cc1. The maximum absolute atomic E-state index is 12.9. The van der Waals surface area contributed by atoms with Crippen molar-refractivity contribution < 1.29 is 14.7 Å². The number of H-pyrrole nitrogens is 1. The number of aliphatic hydroxyl groups is 1. The highest BCUT2D eigenvalue weighted by atomic mass is 16.3. The van der Waals surface area contributed by atoms with E-state index in [0.717, 1.165) is 70.6 Å². The van der Waals surface area contributed by atoms with Crippen LogP contribution in [-0.2, 0) is 12.8 Å². The van der Waals surface area contributed by atoms with E-state index in [-0.39, 0.29) is 17.7 Å². The van der Waals surface area contributed by atoms with Crippen LogP contribution in [0.4, 0.5) is 17.1 Å². The molecule has 1 aliphatic rings. The van der Waals surface area contributed by atoms with E-state index in [2.05, 4.69) is 15.2 Å². The van der Waals surface area contributed by atoms with E-state index in [1.54, 1.807) is 6.20 Å². The van der Waals surface area contributed by atoms with Crippen LogP contribution in [-0.4, -0.2) is 40.9 Å². The van der Waals surface area contributed by atoms with E-state index < -0.39 is 0 Å². The topological polar surface area (TPSA) is 85.4 Å². The fourth-order valence-electron chi connectivity index (χ4n) is 5.43. The van der Waals surface area contributed by atoms with Gasteiger partial charge in [-0.1, -0.05) is 42.5 Å². The summed E-state index contributed by atoms with van der Waals surface area (Å²) < 4.78 is 0. The number of benzene rings is 4. The van der Waals surface area contributed by atoms with Gasteiger partial charge in [0.2, 0.25) is 0 Å². The van der Waals surface area contributed by atoms with Gasteiger partial charge in [-0.25, -0.2) is 0 Å². The van der Waals surface area contributed by atoms with Gasteiger partial charge in [0.05, 0.1) is 6.10 Å². The van der Waals surface area contributed by atoms with Crippen LogP contribution in [0.5, 0.6) is 0 Å². The van der Waals surface area contributed by atoms with Crippen LogP contribution >= 0.6 is 0 Å². The first-order valence-corrected chi connectivity index (χ1v) is 14.1. The molecule has 0 saturated carbocycles. The maximum atomic E-state index is 12.9. The second kappa shape index (κ2) is 11.8. The van der Waals surface area contributed by atoms with Gasteiger partial charge in [0.25, 0.3) is 0 Å². The average molecular weight is 544 g/mol. The number of aromatic nitrogens is 1. The van der Waals surface area contributed by atoms with Crippen molar-refractivity contribution in [2.75, 3.05) is 23.3 Å². The molecule has 0 amide bonds.